The standard InChI is InChI=1S/C24H24ClFN6O2/c1-15-30-32-23(33-15)24(14-16-4-2-7-20(28-16)29-21-10-13-27-31-21)11-8-17(9-12-24)34-19-6-3-5-18(25)22(19)26/h2-7,10,13,17H,8-9,11-12,14H2,1H3,(H2,27,28,29,31). The maximum absolute atomic E-state index is 14.3. The first-order chi connectivity index (χ1) is 16.5. The predicted molar refractivity (Wildman–Crippen MR) is 125 cm³/mol. The number of nitrogens with one attached hydrogen (secondary N) is 2. The summed E-state index contributed by atoms with van der Waals surface area (Å²) in [6, 6.07) is 12.5. The molecular weight excluding hydrogens is 459 g/mol. The number of anilines is 2. The molecule has 0 aliphatic heterocycles. The summed E-state index contributed by atoms with van der Waals surface area (Å²) >= 11 is 5.91. The van der Waals surface area contributed by atoms with Gasteiger partial charge in [-0.25, -0.2) is 9.37 Å². The zero-order chi connectivity index (χ0) is 23.5. The van der Waals surface area contributed by atoms with Gasteiger partial charge in [-0.3, -0.25) is 5.10 Å². The molecule has 3 heterocycles. The lowest BCUT2D eigenvalue weighted by molar-refractivity contribution is 0.0992. The minimum atomic E-state index is -0.529. The van der Waals surface area contributed by atoms with E-state index in [0.29, 0.717) is 42.7 Å². The number of hydrogen-bond donors (Lipinski definition) is 2. The van der Waals surface area contributed by atoms with E-state index < -0.39 is 5.82 Å². The van der Waals surface area contributed by atoms with Crippen LogP contribution in [0.25, 0.3) is 0 Å². The van der Waals surface area contributed by atoms with Gasteiger partial charge in [-0.1, -0.05) is 23.7 Å². The SMILES string of the molecule is Cc1nnc(C2(Cc3cccc(Nc4cc[nH]n4)n3)CCC(Oc3cccc(Cl)c3F)CC2)o1. The van der Waals surface area contributed by atoms with Crippen molar-refractivity contribution in [1.29, 1.82) is 0 Å². The van der Waals surface area contributed by atoms with Gasteiger partial charge in [0.2, 0.25) is 11.8 Å². The third-order valence-electron chi connectivity index (χ3n) is 6.16. The summed E-state index contributed by atoms with van der Waals surface area (Å²) < 4.78 is 26.2. The van der Waals surface area contributed by atoms with Crippen LogP contribution >= 0.6 is 11.6 Å². The fourth-order valence-corrected chi connectivity index (χ4v) is 4.61. The molecule has 0 bridgehead atoms. The number of hydrogen-bond acceptors (Lipinski definition) is 7. The summed E-state index contributed by atoms with van der Waals surface area (Å²) in [4.78, 5) is 4.78. The van der Waals surface area contributed by atoms with Crippen molar-refractivity contribution in [3.8, 4) is 5.75 Å². The molecule has 0 radical (unpaired) electrons. The smallest absolute Gasteiger partial charge is 0.223 e. The molecule has 1 saturated carbocycles. The molecule has 8 nitrogen and oxygen atoms in total. The number of H-pyrrole nitrogens is 1. The molecular formula is C24H24ClFN6O2. The molecule has 4 aromatic rings. The maximum atomic E-state index is 14.3. The molecule has 0 amide bonds. The Bertz CT molecular complexity index is 1250. The van der Waals surface area contributed by atoms with Crippen molar-refractivity contribution in [2.45, 2.75) is 50.5 Å². The monoisotopic (exact) mass is 482 g/mol. The van der Waals surface area contributed by atoms with Crippen LogP contribution in [0.4, 0.5) is 16.0 Å². The molecule has 10 heteroatoms. The number of ether oxygens (including phenoxy) is 1. The van der Waals surface area contributed by atoms with E-state index in [9.17, 15) is 4.39 Å². The van der Waals surface area contributed by atoms with Gasteiger partial charge in [0.1, 0.15) is 5.82 Å². The second-order valence-corrected chi connectivity index (χ2v) is 8.96. The second-order valence-electron chi connectivity index (χ2n) is 8.55. The lowest BCUT2D eigenvalue weighted by Gasteiger charge is -2.37. The van der Waals surface area contributed by atoms with Crippen LogP contribution in [-0.4, -0.2) is 31.5 Å². The molecule has 0 spiro atoms. The van der Waals surface area contributed by atoms with Gasteiger partial charge in [-0.15, -0.1) is 10.2 Å². The zero-order valence-electron chi connectivity index (χ0n) is 18.6. The van der Waals surface area contributed by atoms with E-state index in [1.807, 2.05) is 24.3 Å². The molecule has 0 atom stereocenters. The summed E-state index contributed by atoms with van der Waals surface area (Å²) in [6.07, 6.45) is 5.13. The average molecular weight is 483 g/mol. The van der Waals surface area contributed by atoms with Gasteiger partial charge in [-0.05, 0) is 49.9 Å². The topological polar surface area (TPSA) is 102 Å². The number of aromatic nitrogens is 5. The molecule has 0 saturated heterocycles. The van der Waals surface area contributed by atoms with Gasteiger partial charge in [0.05, 0.1) is 16.5 Å². The van der Waals surface area contributed by atoms with Crippen molar-refractivity contribution in [3.63, 3.8) is 0 Å². The lowest BCUT2D eigenvalue weighted by atomic mass is 9.70. The van der Waals surface area contributed by atoms with Crippen LogP contribution in [0.3, 0.4) is 0 Å². The lowest BCUT2D eigenvalue weighted by Crippen LogP contribution is -2.38. The van der Waals surface area contributed by atoms with Crippen molar-refractivity contribution in [1.82, 2.24) is 25.4 Å². The van der Waals surface area contributed by atoms with Crippen molar-refractivity contribution in [2.24, 2.45) is 0 Å². The van der Waals surface area contributed by atoms with Gasteiger partial charge in [0, 0.05) is 31.3 Å². The molecule has 1 aliphatic rings. The van der Waals surface area contributed by atoms with Crippen LogP contribution < -0.4 is 10.1 Å². The number of aryl methyl sites for hydroxylation is 1. The van der Waals surface area contributed by atoms with E-state index in [-0.39, 0.29) is 22.3 Å². The van der Waals surface area contributed by atoms with Gasteiger partial charge >= 0.3 is 0 Å². The predicted octanol–water partition coefficient (Wildman–Crippen LogP) is 5.53. The summed E-state index contributed by atoms with van der Waals surface area (Å²) in [5.74, 6) is 2.17. The summed E-state index contributed by atoms with van der Waals surface area (Å²) in [5, 5.41) is 18.6. The molecule has 0 unspecified atom stereocenters. The van der Waals surface area contributed by atoms with Gasteiger partial charge in [0.25, 0.3) is 0 Å². The third kappa shape index (κ3) is 4.75. The fraction of sp³-hybridized carbons (Fsp3) is 0.333. The summed E-state index contributed by atoms with van der Waals surface area (Å²) in [5.41, 5.74) is 0.517. The van der Waals surface area contributed by atoms with Crippen LogP contribution in [0.2, 0.25) is 5.02 Å². The number of aromatic amines is 1. The summed E-state index contributed by atoms with van der Waals surface area (Å²) in [6.45, 7) is 1.79. The number of rotatable bonds is 7. The number of pyridine rings is 1. The van der Waals surface area contributed by atoms with Gasteiger partial charge in [0.15, 0.2) is 17.4 Å². The normalized spacial score (nSPS) is 20.3. The first-order valence-electron chi connectivity index (χ1n) is 11.1. The van der Waals surface area contributed by atoms with Crippen molar-refractivity contribution in [3.05, 3.63) is 77.0 Å². The highest BCUT2D eigenvalue weighted by Crippen LogP contribution is 2.43. The number of halogens is 2. The fourth-order valence-electron chi connectivity index (χ4n) is 4.45. The largest absolute Gasteiger partial charge is 0.487 e. The van der Waals surface area contributed by atoms with E-state index in [1.54, 1.807) is 25.3 Å². The third-order valence-corrected chi connectivity index (χ3v) is 6.45. The van der Waals surface area contributed by atoms with Crippen LogP contribution in [-0.2, 0) is 11.8 Å². The summed E-state index contributed by atoms with van der Waals surface area (Å²) in [7, 11) is 0. The molecule has 34 heavy (non-hydrogen) atoms. The van der Waals surface area contributed by atoms with E-state index in [4.69, 9.17) is 25.7 Å². The highest BCUT2D eigenvalue weighted by molar-refractivity contribution is 6.30. The van der Waals surface area contributed by atoms with E-state index >= 15 is 0 Å². The first-order valence-corrected chi connectivity index (χ1v) is 11.5. The van der Waals surface area contributed by atoms with Crippen LogP contribution in [0.5, 0.6) is 5.75 Å². The van der Waals surface area contributed by atoms with Crippen LogP contribution in [0.15, 0.2) is 53.1 Å². The molecule has 5 rings (SSSR count). The number of benzene rings is 1. The van der Waals surface area contributed by atoms with Crippen molar-refractivity contribution >= 4 is 23.2 Å². The Kier molecular flexibility index (Phi) is 6.19. The Balaban J connectivity index is 1.35. The minimum absolute atomic E-state index is 0.0541. The quantitative estimate of drug-likeness (QED) is 0.357. The van der Waals surface area contributed by atoms with Crippen LogP contribution in [0, 0.1) is 12.7 Å². The Hall–Kier alpha value is -3.46. The van der Waals surface area contributed by atoms with Crippen molar-refractivity contribution < 1.29 is 13.5 Å². The van der Waals surface area contributed by atoms with Gasteiger partial charge < -0.3 is 14.5 Å². The highest BCUT2D eigenvalue weighted by Gasteiger charge is 2.42. The van der Waals surface area contributed by atoms with Gasteiger partial charge in [-0.2, -0.15) is 5.10 Å². The Morgan fingerprint density at radius 3 is 2.71 bits per heavy atom. The maximum Gasteiger partial charge on any atom is 0.223 e. The molecule has 3 aromatic heterocycles. The zero-order valence-corrected chi connectivity index (χ0v) is 19.3. The Morgan fingerprint density at radius 2 is 1.97 bits per heavy atom. The average Bonchev–Trinajstić information content (AvgIpc) is 3.51. The highest BCUT2D eigenvalue weighted by atomic mass is 35.5. The number of nitrogens with zero attached hydrogens (tertiary/aromatic N) is 4. The molecule has 2 N–H and O–H groups in total. The van der Waals surface area contributed by atoms with E-state index in [2.05, 4.69) is 25.7 Å². The first kappa shape index (κ1) is 22.3. The molecule has 1 aromatic carbocycles. The van der Waals surface area contributed by atoms with E-state index in [0.717, 1.165) is 18.5 Å². The molecule has 1 fully saturated rings. The molecule has 176 valence electrons. The Labute approximate surface area is 200 Å². The van der Waals surface area contributed by atoms with E-state index in [1.165, 1.54) is 6.07 Å². The Morgan fingerprint density at radius 1 is 1.15 bits per heavy atom. The second kappa shape index (κ2) is 9.42. The molecule has 1 aliphatic carbocycles. The van der Waals surface area contributed by atoms with Crippen molar-refractivity contribution in [2.75, 3.05) is 5.32 Å². The van der Waals surface area contributed by atoms with Crippen LogP contribution in [0.1, 0.15) is 43.2 Å². The minimum Gasteiger partial charge on any atom is -0.487 e.